The summed E-state index contributed by atoms with van der Waals surface area (Å²) in [6, 6.07) is 10.1. The Kier molecular flexibility index (Phi) is 9.98. The summed E-state index contributed by atoms with van der Waals surface area (Å²) in [5.74, 6) is 0.996. The highest BCUT2D eigenvalue weighted by Gasteiger charge is 2.19. The van der Waals surface area contributed by atoms with Crippen molar-refractivity contribution in [1.82, 2.24) is 0 Å². The number of ether oxygens (including phenoxy) is 1. The van der Waals surface area contributed by atoms with E-state index in [0.717, 1.165) is 12.4 Å². The van der Waals surface area contributed by atoms with E-state index < -0.39 is 0 Å². The maximum atomic E-state index is 5.72. The number of quaternary nitrogens is 1. The van der Waals surface area contributed by atoms with Crippen molar-refractivity contribution in [2.24, 2.45) is 0 Å². The molecule has 0 saturated carbocycles. The standard InChI is InChI=1S/C20H36NO/c1-4-21(5-2,6-3)18-14-9-7-8-10-15-19-22-20-16-12-11-13-17-20/h11-13,16-17H,4-10,14-15,18-19H2,1-3H3/q+1. The van der Waals surface area contributed by atoms with Gasteiger partial charge in [0, 0.05) is 0 Å². The molecule has 0 fully saturated rings. The Labute approximate surface area is 138 Å². The zero-order chi connectivity index (χ0) is 16.1. The Morgan fingerprint density at radius 3 is 1.86 bits per heavy atom. The highest BCUT2D eigenvalue weighted by molar-refractivity contribution is 5.20. The van der Waals surface area contributed by atoms with E-state index in [2.05, 4.69) is 20.8 Å². The Balaban J connectivity index is 1.95. The molecule has 2 heteroatoms. The Morgan fingerprint density at radius 1 is 0.727 bits per heavy atom. The third-order valence-corrected chi connectivity index (χ3v) is 5.05. The molecule has 0 unspecified atom stereocenters. The van der Waals surface area contributed by atoms with Crippen LogP contribution in [0.5, 0.6) is 5.75 Å². The van der Waals surface area contributed by atoms with Gasteiger partial charge in [-0.1, -0.05) is 37.5 Å². The van der Waals surface area contributed by atoms with Gasteiger partial charge in [0.15, 0.2) is 0 Å². The van der Waals surface area contributed by atoms with Gasteiger partial charge in [-0.3, -0.25) is 0 Å². The van der Waals surface area contributed by atoms with Gasteiger partial charge in [0.2, 0.25) is 0 Å². The number of unbranched alkanes of at least 4 members (excludes halogenated alkanes) is 5. The van der Waals surface area contributed by atoms with Crippen LogP contribution in [0.4, 0.5) is 0 Å². The monoisotopic (exact) mass is 306 g/mol. The topological polar surface area (TPSA) is 9.23 Å². The third kappa shape index (κ3) is 7.31. The second-order valence-electron chi connectivity index (χ2n) is 6.30. The smallest absolute Gasteiger partial charge is 0.119 e. The molecule has 1 rings (SSSR count). The molecule has 0 aliphatic heterocycles. The minimum absolute atomic E-state index is 0.853. The molecule has 1 aromatic carbocycles. The number of benzene rings is 1. The molecule has 0 radical (unpaired) electrons. The molecule has 0 bridgehead atoms. The number of para-hydroxylation sites is 1. The van der Waals surface area contributed by atoms with Crippen LogP contribution in [0.15, 0.2) is 30.3 Å². The molecule has 0 saturated heterocycles. The van der Waals surface area contributed by atoms with E-state index in [1.54, 1.807) is 0 Å². The van der Waals surface area contributed by atoms with Crippen molar-refractivity contribution < 1.29 is 9.22 Å². The summed E-state index contributed by atoms with van der Waals surface area (Å²) in [7, 11) is 0. The van der Waals surface area contributed by atoms with Gasteiger partial charge in [-0.25, -0.2) is 0 Å². The molecule has 22 heavy (non-hydrogen) atoms. The van der Waals surface area contributed by atoms with E-state index in [-0.39, 0.29) is 0 Å². The fraction of sp³-hybridized carbons (Fsp3) is 0.700. The highest BCUT2D eigenvalue weighted by atomic mass is 16.5. The lowest BCUT2D eigenvalue weighted by atomic mass is 10.1. The van der Waals surface area contributed by atoms with Crippen LogP contribution in [0.1, 0.15) is 59.3 Å². The number of nitrogens with zero attached hydrogens (tertiary/aromatic N) is 1. The Morgan fingerprint density at radius 2 is 1.27 bits per heavy atom. The predicted molar refractivity (Wildman–Crippen MR) is 96.4 cm³/mol. The van der Waals surface area contributed by atoms with Crippen molar-refractivity contribution in [2.75, 3.05) is 32.8 Å². The van der Waals surface area contributed by atoms with Crippen molar-refractivity contribution >= 4 is 0 Å². The van der Waals surface area contributed by atoms with Gasteiger partial charge < -0.3 is 9.22 Å². The van der Waals surface area contributed by atoms with E-state index in [0.29, 0.717) is 0 Å². The first kappa shape index (κ1) is 19.0. The summed E-state index contributed by atoms with van der Waals surface area (Å²) in [5.41, 5.74) is 0. The lowest BCUT2D eigenvalue weighted by molar-refractivity contribution is -0.923. The largest absolute Gasteiger partial charge is 0.494 e. The average Bonchev–Trinajstić information content (AvgIpc) is 2.58. The fourth-order valence-corrected chi connectivity index (χ4v) is 3.11. The molecule has 0 amide bonds. The number of hydrogen-bond acceptors (Lipinski definition) is 1. The van der Waals surface area contributed by atoms with Gasteiger partial charge in [-0.05, 0) is 52.2 Å². The number of rotatable bonds is 13. The van der Waals surface area contributed by atoms with Crippen molar-refractivity contribution in [3.63, 3.8) is 0 Å². The van der Waals surface area contributed by atoms with Crippen LogP contribution in [0.2, 0.25) is 0 Å². The summed E-state index contributed by atoms with van der Waals surface area (Å²) >= 11 is 0. The molecule has 1 aromatic rings. The second kappa shape index (κ2) is 11.5. The predicted octanol–water partition coefficient (Wildman–Crippen LogP) is 5.28. The molecule has 0 atom stereocenters. The van der Waals surface area contributed by atoms with Gasteiger partial charge in [-0.2, -0.15) is 0 Å². The first-order chi connectivity index (χ1) is 10.8. The summed E-state index contributed by atoms with van der Waals surface area (Å²) in [4.78, 5) is 0. The summed E-state index contributed by atoms with van der Waals surface area (Å²) in [6.45, 7) is 13.1. The SMILES string of the molecule is CC[N+](CC)(CC)CCCCCCCCOc1ccccc1. The van der Waals surface area contributed by atoms with Gasteiger partial charge in [0.25, 0.3) is 0 Å². The average molecular weight is 307 g/mol. The quantitative estimate of drug-likeness (QED) is 0.356. The van der Waals surface area contributed by atoms with E-state index in [4.69, 9.17) is 4.74 Å². The molecule has 2 nitrogen and oxygen atoms in total. The van der Waals surface area contributed by atoms with Crippen LogP contribution < -0.4 is 4.74 Å². The molecule has 0 aliphatic rings. The van der Waals surface area contributed by atoms with Crippen LogP contribution in [-0.4, -0.2) is 37.3 Å². The van der Waals surface area contributed by atoms with Crippen molar-refractivity contribution in [2.45, 2.75) is 59.3 Å². The van der Waals surface area contributed by atoms with Crippen LogP contribution in [0.3, 0.4) is 0 Å². The zero-order valence-electron chi connectivity index (χ0n) is 15.0. The summed E-state index contributed by atoms with van der Waals surface area (Å²) in [5, 5.41) is 0. The van der Waals surface area contributed by atoms with Gasteiger partial charge in [0.05, 0.1) is 32.8 Å². The lowest BCUT2D eigenvalue weighted by Gasteiger charge is -2.35. The van der Waals surface area contributed by atoms with E-state index >= 15 is 0 Å². The summed E-state index contributed by atoms with van der Waals surface area (Å²) < 4.78 is 7.02. The van der Waals surface area contributed by atoms with Gasteiger partial charge in [-0.15, -0.1) is 0 Å². The number of hydrogen-bond donors (Lipinski definition) is 0. The van der Waals surface area contributed by atoms with E-state index in [9.17, 15) is 0 Å². The Hall–Kier alpha value is -1.02. The maximum Gasteiger partial charge on any atom is 0.119 e. The van der Waals surface area contributed by atoms with Crippen molar-refractivity contribution in [3.8, 4) is 5.75 Å². The fourth-order valence-electron chi connectivity index (χ4n) is 3.11. The van der Waals surface area contributed by atoms with Crippen LogP contribution in [0.25, 0.3) is 0 Å². The lowest BCUT2D eigenvalue weighted by Crippen LogP contribution is -2.48. The van der Waals surface area contributed by atoms with E-state index in [1.807, 2.05) is 30.3 Å². The van der Waals surface area contributed by atoms with Crippen LogP contribution in [-0.2, 0) is 0 Å². The highest BCUT2D eigenvalue weighted by Crippen LogP contribution is 2.13. The second-order valence-corrected chi connectivity index (χ2v) is 6.30. The van der Waals surface area contributed by atoms with Crippen LogP contribution in [0, 0.1) is 0 Å². The maximum absolute atomic E-state index is 5.72. The molecule has 0 aliphatic carbocycles. The first-order valence-electron chi connectivity index (χ1n) is 9.29. The third-order valence-electron chi connectivity index (χ3n) is 5.05. The van der Waals surface area contributed by atoms with Gasteiger partial charge in [0.1, 0.15) is 5.75 Å². The molecule has 0 spiro atoms. The molecule has 0 aromatic heterocycles. The molecular weight excluding hydrogens is 270 g/mol. The van der Waals surface area contributed by atoms with Crippen molar-refractivity contribution in [1.29, 1.82) is 0 Å². The molecular formula is C20H36NO+. The van der Waals surface area contributed by atoms with Gasteiger partial charge >= 0.3 is 0 Å². The minimum atomic E-state index is 0.853. The zero-order valence-corrected chi connectivity index (χ0v) is 15.0. The molecule has 0 heterocycles. The Bertz CT molecular complexity index is 351. The van der Waals surface area contributed by atoms with Crippen LogP contribution >= 0.6 is 0 Å². The summed E-state index contributed by atoms with van der Waals surface area (Å²) in [6.07, 6.45) is 7.97. The first-order valence-corrected chi connectivity index (χ1v) is 9.29. The molecule has 0 N–H and O–H groups in total. The minimum Gasteiger partial charge on any atom is -0.494 e. The van der Waals surface area contributed by atoms with Crippen molar-refractivity contribution in [3.05, 3.63) is 30.3 Å². The van der Waals surface area contributed by atoms with E-state index in [1.165, 1.54) is 69.2 Å². The normalized spacial score (nSPS) is 11.6. The molecule has 126 valence electrons.